The minimum Gasteiger partial charge on any atom is -0.363 e. The van der Waals surface area contributed by atoms with Gasteiger partial charge in [0.1, 0.15) is 5.82 Å². The molecule has 2 aromatic heterocycles. The largest absolute Gasteiger partial charge is 0.363 e. The number of hydrogen-bond acceptors (Lipinski definition) is 5. The first-order valence-corrected chi connectivity index (χ1v) is 7.97. The Morgan fingerprint density at radius 1 is 1.19 bits per heavy atom. The van der Waals surface area contributed by atoms with E-state index in [0.29, 0.717) is 12.5 Å². The summed E-state index contributed by atoms with van der Waals surface area (Å²) in [6.45, 7) is 5.75. The van der Waals surface area contributed by atoms with Gasteiger partial charge in [-0.25, -0.2) is 4.98 Å². The van der Waals surface area contributed by atoms with Gasteiger partial charge in [-0.05, 0) is 40.4 Å². The van der Waals surface area contributed by atoms with E-state index in [0.717, 1.165) is 35.4 Å². The lowest BCUT2D eigenvalue weighted by Gasteiger charge is -2.11. The van der Waals surface area contributed by atoms with Crippen LogP contribution in [0.2, 0.25) is 0 Å². The Balaban J connectivity index is 2.08. The van der Waals surface area contributed by atoms with Gasteiger partial charge in [0.15, 0.2) is 0 Å². The van der Waals surface area contributed by atoms with Gasteiger partial charge < -0.3 is 10.6 Å². The van der Waals surface area contributed by atoms with Gasteiger partial charge in [0.2, 0.25) is 5.95 Å². The third-order valence-corrected chi connectivity index (χ3v) is 3.65. The van der Waals surface area contributed by atoms with Gasteiger partial charge in [-0.3, -0.25) is 4.98 Å². The Morgan fingerprint density at radius 2 is 2.05 bits per heavy atom. The number of hydrogen-bond donors (Lipinski definition) is 2. The van der Waals surface area contributed by atoms with Crippen molar-refractivity contribution < 1.29 is 0 Å². The van der Waals surface area contributed by atoms with Crippen LogP contribution in [0.1, 0.15) is 31.5 Å². The van der Waals surface area contributed by atoms with E-state index in [1.807, 2.05) is 12.3 Å². The molecular weight excluding hydrogens is 330 g/mol. The lowest BCUT2D eigenvalue weighted by atomic mass is 10.1. The molecule has 0 saturated heterocycles. The second-order valence-corrected chi connectivity index (χ2v) is 5.49. The van der Waals surface area contributed by atoms with Crippen LogP contribution in [0, 0.1) is 0 Å². The molecule has 0 amide bonds. The molecule has 2 heterocycles. The van der Waals surface area contributed by atoms with E-state index in [-0.39, 0.29) is 0 Å². The highest BCUT2D eigenvalue weighted by Gasteiger charge is 2.06. The summed E-state index contributed by atoms with van der Waals surface area (Å²) in [6, 6.07) is 4.07. The minimum atomic E-state index is 0.638. The lowest BCUT2D eigenvalue weighted by molar-refractivity contribution is 0.938. The molecule has 0 radical (unpaired) electrons. The standard InChI is InChI=1S/C15H20BrN5/c1-3-7-18-15-20-9-12(16)14(21-15)19-10-13-11(4-2)6-5-8-17-13/h5-6,8-9H,3-4,7,10H2,1-2H3,(H2,18,19,20,21). The van der Waals surface area contributed by atoms with Gasteiger partial charge in [-0.15, -0.1) is 0 Å². The smallest absolute Gasteiger partial charge is 0.224 e. The van der Waals surface area contributed by atoms with E-state index in [9.17, 15) is 0 Å². The molecule has 0 spiro atoms. The summed E-state index contributed by atoms with van der Waals surface area (Å²) in [6.07, 6.45) is 5.58. The number of anilines is 2. The quantitative estimate of drug-likeness (QED) is 0.798. The van der Waals surface area contributed by atoms with Gasteiger partial charge in [-0.1, -0.05) is 19.9 Å². The average molecular weight is 350 g/mol. The third-order valence-electron chi connectivity index (χ3n) is 3.07. The second-order valence-electron chi connectivity index (χ2n) is 4.63. The zero-order valence-electron chi connectivity index (χ0n) is 12.4. The summed E-state index contributed by atoms with van der Waals surface area (Å²) in [5.74, 6) is 1.41. The molecule has 0 bridgehead atoms. The van der Waals surface area contributed by atoms with Crippen LogP contribution in [0.5, 0.6) is 0 Å². The van der Waals surface area contributed by atoms with Crippen LogP contribution in [0.3, 0.4) is 0 Å². The SMILES string of the molecule is CCCNc1ncc(Br)c(NCc2ncccc2CC)n1. The minimum absolute atomic E-state index is 0.638. The van der Waals surface area contributed by atoms with Crippen LogP contribution < -0.4 is 10.6 Å². The van der Waals surface area contributed by atoms with Crippen LogP contribution in [-0.4, -0.2) is 21.5 Å². The Labute approximate surface area is 133 Å². The number of pyridine rings is 1. The maximum Gasteiger partial charge on any atom is 0.224 e. The van der Waals surface area contributed by atoms with E-state index in [1.165, 1.54) is 5.56 Å². The van der Waals surface area contributed by atoms with Gasteiger partial charge in [0.05, 0.1) is 16.7 Å². The van der Waals surface area contributed by atoms with Gasteiger partial charge in [-0.2, -0.15) is 4.98 Å². The first kappa shape index (κ1) is 15.7. The molecule has 112 valence electrons. The monoisotopic (exact) mass is 349 g/mol. The molecule has 6 heteroatoms. The number of rotatable bonds is 7. The Morgan fingerprint density at radius 3 is 2.81 bits per heavy atom. The van der Waals surface area contributed by atoms with Crippen molar-refractivity contribution in [1.82, 2.24) is 15.0 Å². The van der Waals surface area contributed by atoms with Crippen LogP contribution in [0.4, 0.5) is 11.8 Å². The highest BCUT2D eigenvalue weighted by molar-refractivity contribution is 9.10. The summed E-state index contributed by atoms with van der Waals surface area (Å²) in [4.78, 5) is 13.1. The Hall–Kier alpha value is -1.69. The number of halogens is 1. The summed E-state index contributed by atoms with van der Waals surface area (Å²) in [5, 5.41) is 6.50. The highest BCUT2D eigenvalue weighted by Crippen LogP contribution is 2.21. The first-order chi connectivity index (χ1) is 10.2. The van der Waals surface area contributed by atoms with Crippen molar-refractivity contribution in [3.63, 3.8) is 0 Å². The fraction of sp³-hybridized carbons (Fsp3) is 0.400. The molecule has 0 unspecified atom stereocenters. The second kappa shape index (κ2) is 7.93. The van der Waals surface area contributed by atoms with Crippen molar-refractivity contribution in [2.24, 2.45) is 0 Å². The van der Waals surface area contributed by atoms with Gasteiger partial charge >= 0.3 is 0 Å². The number of nitrogens with zero attached hydrogens (tertiary/aromatic N) is 3. The van der Waals surface area contributed by atoms with E-state index < -0.39 is 0 Å². The zero-order chi connectivity index (χ0) is 15.1. The van der Waals surface area contributed by atoms with Crippen molar-refractivity contribution in [2.45, 2.75) is 33.2 Å². The van der Waals surface area contributed by atoms with Crippen LogP contribution in [-0.2, 0) is 13.0 Å². The summed E-state index contributed by atoms with van der Waals surface area (Å²) >= 11 is 3.47. The first-order valence-electron chi connectivity index (χ1n) is 7.17. The molecular formula is C15H20BrN5. The molecule has 0 aliphatic heterocycles. The molecule has 0 aromatic carbocycles. The molecule has 21 heavy (non-hydrogen) atoms. The molecule has 0 atom stereocenters. The van der Waals surface area contributed by atoms with Crippen LogP contribution in [0.25, 0.3) is 0 Å². The predicted octanol–water partition coefficient (Wildman–Crippen LogP) is 3.63. The van der Waals surface area contributed by atoms with Gasteiger partial charge in [0, 0.05) is 18.9 Å². The number of nitrogens with one attached hydrogen (secondary N) is 2. The molecule has 2 rings (SSSR count). The zero-order valence-corrected chi connectivity index (χ0v) is 13.9. The van der Waals surface area contributed by atoms with Crippen molar-refractivity contribution in [3.8, 4) is 0 Å². The molecule has 0 aliphatic carbocycles. The molecule has 2 aromatic rings. The fourth-order valence-electron chi connectivity index (χ4n) is 1.93. The topological polar surface area (TPSA) is 62.7 Å². The highest BCUT2D eigenvalue weighted by atomic mass is 79.9. The predicted molar refractivity (Wildman–Crippen MR) is 89.5 cm³/mol. The molecule has 0 saturated carbocycles. The maximum absolute atomic E-state index is 4.47. The summed E-state index contributed by atoms with van der Waals surface area (Å²) < 4.78 is 0.846. The Bertz CT molecular complexity index is 588. The van der Waals surface area contributed by atoms with Gasteiger partial charge in [0.25, 0.3) is 0 Å². The lowest BCUT2D eigenvalue weighted by Crippen LogP contribution is -2.09. The fourth-order valence-corrected chi connectivity index (χ4v) is 2.26. The van der Waals surface area contributed by atoms with E-state index in [2.05, 4.69) is 61.4 Å². The molecule has 0 fully saturated rings. The van der Waals surface area contributed by atoms with Crippen molar-refractivity contribution in [3.05, 3.63) is 40.3 Å². The average Bonchev–Trinajstić information content (AvgIpc) is 2.53. The maximum atomic E-state index is 4.47. The third kappa shape index (κ3) is 4.39. The number of aryl methyl sites for hydroxylation is 1. The van der Waals surface area contributed by atoms with Crippen LogP contribution >= 0.6 is 15.9 Å². The summed E-state index contributed by atoms with van der Waals surface area (Å²) in [5.41, 5.74) is 2.30. The molecule has 5 nitrogen and oxygen atoms in total. The Kier molecular flexibility index (Phi) is 5.92. The van der Waals surface area contributed by atoms with E-state index >= 15 is 0 Å². The van der Waals surface area contributed by atoms with Crippen LogP contribution in [0.15, 0.2) is 29.0 Å². The van der Waals surface area contributed by atoms with Crippen molar-refractivity contribution in [1.29, 1.82) is 0 Å². The van der Waals surface area contributed by atoms with Crippen molar-refractivity contribution in [2.75, 3.05) is 17.2 Å². The van der Waals surface area contributed by atoms with Crippen molar-refractivity contribution >= 4 is 27.7 Å². The number of aromatic nitrogens is 3. The normalized spacial score (nSPS) is 10.4. The van der Waals surface area contributed by atoms with E-state index in [4.69, 9.17) is 0 Å². The molecule has 2 N–H and O–H groups in total. The van der Waals surface area contributed by atoms with E-state index in [1.54, 1.807) is 6.20 Å². The molecule has 0 aliphatic rings. The summed E-state index contributed by atoms with van der Waals surface area (Å²) in [7, 11) is 0.